The van der Waals surface area contributed by atoms with Crippen molar-refractivity contribution in [2.24, 2.45) is 5.84 Å². The first kappa shape index (κ1) is 15.4. The number of nitrogens with zero attached hydrogens (tertiary/aromatic N) is 4. The standard InChI is InChI=1S/C12H24N6O/c1-6-9(5)18(7-2)11-14-10(17-13)15-12(16-11)19-8(3)4/h8-9H,6-7,13H2,1-5H3,(H,14,15,16,17). The predicted molar refractivity (Wildman–Crippen MR) is 76.2 cm³/mol. The molecule has 1 unspecified atom stereocenters. The third kappa shape index (κ3) is 4.20. The van der Waals surface area contributed by atoms with E-state index < -0.39 is 0 Å². The van der Waals surface area contributed by atoms with Crippen molar-refractivity contribution in [2.45, 2.75) is 53.2 Å². The number of hydrazine groups is 1. The van der Waals surface area contributed by atoms with Crippen LogP contribution in [0.15, 0.2) is 0 Å². The molecular formula is C12H24N6O. The third-order valence-electron chi connectivity index (χ3n) is 2.79. The molecule has 1 rings (SSSR count). The van der Waals surface area contributed by atoms with Gasteiger partial charge in [-0.05, 0) is 34.1 Å². The van der Waals surface area contributed by atoms with Crippen LogP contribution in [0.3, 0.4) is 0 Å². The van der Waals surface area contributed by atoms with Crippen molar-refractivity contribution in [1.82, 2.24) is 15.0 Å². The van der Waals surface area contributed by atoms with E-state index in [2.05, 4.69) is 46.0 Å². The highest BCUT2D eigenvalue weighted by atomic mass is 16.5. The monoisotopic (exact) mass is 268 g/mol. The average molecular weight is 268 g/mol. The van der Waals surface area contributed by atoms with Gasteiger partial charge in [0.2, 0.25) is 11.9 Å². The van der Waals surface area contributed by atoms with Crippen LogP contribution in [0.4, 0.5) is 11.9 Å². The minimum absolute atomic E-state index is 0.000417. The quantitative estimate of drug-likeness (QED) is 0.573. The highest BCUT2D eigenvalue weighted by Gasteiger charge is 2.17. The smallest absolute Gasteiger partial charge is 0.323 e. The molecule has 0 aliphatic carbocycles. The Morgan fingerprint density at radius 2 is 1.89 bits per heavy atom. The Labute approximate surface area is 114 Å². The normalized spacial score (nSPS) is 12.4. The van der Waals surface area contributed by atoms with Crippen molar-refractivity contribution in [3.63, 3.8) is 0 Å². The second kappa shape index (κ2) is 7.08. The van der Waals surface area contributed by atoms with E-state index in [1.807, 2.05) is 13.8 Å². The van der Waals surface area contributed by atoms with Gasteiger partial charge in [-0.25, -0.2) is 5.84 Å². The van der Waals surface area contributed by atoms with E-state index in [1.165, 1.54) is 0 Å². The van der Waals surface area contributed by atoms with Gasteiger partial charge >= 0.3 is 6.01 Å². The highest BCUT2D eigenvalue weighted by Crippen LogP contribution is 2.18. The van der Waals surface area contributed by atoms with Gasteiger partial charge in [-0.1, -0.05) is 6.92 Å². The van der Waals surface area contributed by atoms with Crippen molar-refractivity contribution in [3.8, 4) is 6.01 Å². The Balaban J connectivity index is 3.10. The number of anilines is 2. The first-order valence-corrected chi connectivity index (χ1v) is 6.67. The summed E-state index contributed by atoms with van der Waals surface area (Å²) in [4.78, 5) is 14.8. The van der Waals surface area contributed by atoms with Gasteiger partial charge in [0.05, 0.1) is 6.10 Å². The molecule has 1 aromatic rings. The lowest BCUT2D eigenvalue weighted by atomic mass is 10.2. The molecule has 0 saturated heterocycles. The fourth-order valence-electron chi connectivity index (χ4n) is 1.67. The topological polar surface area (TPSA) is 89.2 Å². The zero-order valence-corrected chi connectivity index (χ0v) is 12.3. The second-order valence-electron chi connectivity index (χ2n) is 4.60. The molecule has 108 valence electrons. The van der Waals surface area contributed by atoms with Gasteiger partial charge in [0, 0.05) is 12.6 Å². The van der Waals surface area contributed by atoms with Gasteiger partial charge in [-0.15, -0.1) is 0 Å². The van der Waals surface area contributed by atoms with Crippen LogP contribution in [-0.2, 0) is 0 Å². The van der Waals surface area contributed by atoms with Crippen LogP contribution < -0.4 is 20.9 Å². The van der Waals surface area contributed by atoms with Gasteiger partial charge in [0.25, 0.3) is 0 Å². The maximum Gasteiger partial charge on any atom is 0.323 e. The number of hydrogen-bond donors (Lipinski definition) is 2. The Kier molecular flexibility index (Phi) is 5.75. The Bertz CT molecular complexity index is 398. The van der Waals surface area contributed by atoms with Crippen molar-refractivity contribution in [1.29, 1.82) is 0 Å². The SMILES string of the molecule is CCC(C)N(CC)c1nc(NN)nc(OC(C)C)n1. The predicted octanol–water partition coefficient (Wildman–Crippen LogP) is 1.57. The molecule has 0 radical (unpaired) electrons. The van der Waals surface area contributed by atoms with Crippen molar-refractivity contribution < 1.29 is 4.74 Å². The van der Waals surface area contributed by atoms with Crippen LogP contribution in [-0.4, -0.2) is 33.6 Å². The summed E-state index contributed by atoms with van der Waals surface area (Å²) >= 11 is 0. The van der Waals surface area contributed by atoms with Crippen LogP contribution in [0.25, 0.3) is 0 Å². The molecule has 3 N–H and O–H groups in total. The number of hydrogen-bond acceptors (Lipinski definition) is 7. The molecule has 7 heteroatoms. The molecule has 7 nitrogen and oxygen atoms in total. The molecule has 0 saturated carbocycles. The highest BCUT2D eigenvalue weighted by molar-refractivity contribution is 5.38. The van der Waals surface area contributed by atoms with E-state index >= 15 is 0 Å². The number of nitrogens with one attached hydrogen (secondary N) is 1. The summed E-state index contributed by atoms with van der Waals surface area (Å²) in [5.41, 5.74) is 2.45. The van der Waals surface area contributed by atoms with E-state index in [4.69, 9.17) is 10.6 Å². The minimum Gasteiger partial charge on any atom is -0.461 e. The Hall–Kier alpha value is -1.63. The van der Waals surface area contributed by atoms with Crippen LogP contribution in [0.5, 0.6) is 6.01 Å². The van der Waals surface area contributed by atoms with Crippen molar-refractivity contribution in [3.05, 3.63) is 0 Å². The molecular weight excluding hydrogens is 244 g/mol. The van der Waals surface area contributed by atoms with Crippen LogP contribution in [0, 0.1) is 0 Å². The van der Waals surface area contributed by atoms with E-state index in [0.29, 0.717) is 17.9 Å². The largest absolute Gasteiger partial charge is 0.461 e. The van der Waals surface area contributed by atoms with Crippen LogP contribution in [0.2, 0.25) is 0 Å². The van der Waals surface area contributed by atoms with Gasteiger partial charge < -0.3 is 9.64 Å². The second-order valence-corrected chi connectivity index (χ2v) is 4.60. The summed E-state index contributed by atoms with van der Waals surface area (Å²) in [6, 6.07) is 0.625. The number of aromatic nitrogens is 3. The molecule has 0 aliphatic rings. The summed E-state index contributed by atoms with van der Waals surface area (Å²) < 4.78 is 5.52. The number of rotatable bonds is 7. The molecule has 1 heterocycles. The lowest BCUT2D eigenvalue weighted by molar-refractivity contribution is 0.222. The molecule has 0 aliphatic heterocycles. The first-order valence-electron chi connectivity index (χ1n) is 6.67. The van der Waals surface area contributed by atoms with Crippen LogP contribution in [0.1, 0.15) is 41.0 Å². The van der Waals surface area contributed by atoms with E-state index in [-0.39, 0.29) is 12.1 Å². The maximum absolute atomic E-state index is 5.52. The van der Waals surface area contributed by atoms with E-state index in [1.54, 1.807) is 0 Å². The fraction of sp³-hybridized carbons (Fsp3) is 0.750. The van der Waals surface area contributed by atoms with Crippen molar-refractivity contribution in [2.75, 3.05) is 16.9 Å². The molecule has 19 heavy (non-hydrogen) atoms. The zero-order chi connectivity index (χ0) is 14.4. The average Bonchev–Trinajstić information content (AvgIpc) is 2.38. The third-order valence-corrected chi connectivity index (χ3v) is 2.79. The number of nitrogens with two attached hydrogens (primary N) is 1. The van der Waals surface area contributed by atoms with Gasteiger partial charge in [-0.3, -0.25) is 5.43 Å². The molecule has 1 atom stereocenters. The molecule has 0 aromatic carbocycles. The molecule has 1 aromatic heterocycles. The zero-order valence-electron chi connectivity index (χ0n) is 12.3. The molecule has 0 spiro atoms. The van der Waals surface area contributed by atoms with Gasteiger partial charge in [-0.2, -0.15) is 15.0 Å². The van der Waals surface area contributed by atoms with Gasteiger partial charge in [0.15, 0.2) is 0 Å². The number of nitrogen functional groups attached to an aromatic ring is 1. The van der Waals surface area contributed by atoms with E-state index in [0.717, 1.165) is 13.0 Å². The van der Waals surface area contributed by atoms with E-state index in [9.17, 15) is 0 Å². The maximum atomic E-state index is 5.52. The number of ether oxygens (including phenoxy) is 1. The summed E-state index contributed by atoms with van der Waals surface area (Å²) in [6.45, 7) is 11.0. The van der Waals surface area contributed by atoms with Gasteiger partial charge in [0.1, 0.15) is 0 Å². The van der Waals surface area contributed by atoms with Crippen molar-refractivity contribution >= 4 is 11.9 Å². The Morgan fingerprint density at radius 1 is 1.21 bits per heavy atom. The molecule has 0 fully saturated rings. The molecule has 0 amide bonds. The fourth-order valence-corrected chi connectivity index (χ4v) is 1.67. The molecule has 0 bridgehead atoms. The minimum atomic E-state index is -0.000417. The first-order chi connectivity index (χ1) is 9.01. The lowest BCUT2D eigenvalue weighted by Gasteiger charge is -2.27. The lowest BCUT2D eigenvalue weighted by Crippen LogP contribution is -2.34. The van der Waals surface area contributed by atoms with Crippen LogP contribution >= 0.6 is 0 Å². The summed E-state index contributed by atoms with van der Waals surface area (Å²) in [6.07, 6.45) is 1.00. The Morgan fingerprint density at radius 3 is 2.37 bits per heavy atom. The summed E-state index contributed by atoms with van der Waals surface area (Å²) in [7, 11) is 0. The summed E-state index contributed by atoms with van der Waals surface area (Å²) in [5.74, 6) is 6.28. The summed E-state index contributed by atoms with van der Waals surface area (Å²) in [5, 5.41) is 0.